The molecule has 3 heterocycles. The minimum atomic E-state index is -0.825. The van der Waals surface area contributed by atoms with E-state index in [2.05, 4.69) is 46.5 Å². The van der Waals surface area contributed by atoms with Gasteiger partial charge in [0.05, 0.1) is 6.33 Å². The second kappa shape index (κ2) is 13.5. The van der Waals surface area contributed by atoms with Crippen molar-refractivity contribution in [2.24, 2.45) is 5.92 Å². The number of amides is 3. The van der Waals surface area contributed by atoms with Crippen LogP contribution in [-0.2, 0) is 33.6 Å². The van der Waals surface area contributed by atoms with Gasteiger partial charge in [0.2, 0.25) is 23.7 Å². The van der Waals surface area contributed by atoms with Gasteiger partial charge in [-0.15, -0.1) is 0 Å². The number of aromatic nitrogens is 4. The minimum absolute atomic E-state index is 0.205. The topological polar surface area (TPSA) is 166 Å². The maximum absolute atomic E-state index is 13.6. The van der Waals surface area contributed by atoms with Gasteiger partial charge >= 0.3 is 0 Å². The summed E-state index contributed by atoms with van der Waals surface area (Å²) in [7, 11) is 0. The molecular weight excluding hydrogens is 510 g/mol. The molecule has 6 N–H and O–H groups in total. The van der Waals surface area contributed by atoms with E-state index in [1.54, 1.807) is 25.5 Å². The van der Waals surface area contributed by atoms with Crippen LogP contribution in [0.3, 0.4) is 0 Å². The zero-order valence-corrected chi connectivity index (χ0v) is 23.0. The lowest BCUT2D eigenvalue weighted by atomic mass is 10.0. The van der Waals surface area contributed by atoms with Crippen molar-refractivity contribution in [3.63, 3.8) is 0 Å². The van der Waals surface area contributed by atoms with Gasteiger partial charge in [0, 0.05) is 56.0 Å². The number of H-pyrrole nitrogens is 1. The summed E-state index contributed by atoms with van der Waals surface area (Å²) in [6.07, 6.45) is 4.89. The van der Waals surface area contributed by atoms with Crippen LogP contribution in [0.25, 0.3) is 0 Å². The van der Waals surface area contributed by atoms with Crippen molar-refractivity contribution in [1.29, 1.82) is 0 Å². The minimum Gasteiger partial charge on any atom is -0.358 e. The van der Waals surface area contributed by atoms with Gasteiger partial charge < -0.3 is 31.6 Å². The molecule has 1 aliphatic heterocycles. The highest BCUT2D eigenvalue weighted by atomic mass is 16.2. The first-order valence-corrected chi connectivity index (χ1v) is 13.6. The van der Waals surface area contributed by atoms with E-state index in [0.29, 0.717) is 49.8 Å². The molecule has 0 radical (unpaired) electrons. The lowest BCUT2D eigenvalue weighted by Crippen LogP contribution is -2.56. The zero-order chi connectivity index (χ0) is 28.5. The predicted octanol–water partition coefficient (Wildman–Crippen LogP) is 1.20. The number of rotatable bonds is 7. The van der Waals surface area contributed by atoms with Crippen LogP contribution in [0.1, 0.15) is 37.7 Å². The molecule has 40 heavy (non-hydrogen) atoms. The second-order valence-corrected chi connectivity index (χ2v) is 10.2. The Hall–Kier alpha value is -4.48. The molecule has 3 atom stereocenters. The van der Waals surface area contributed by atoms with Crippen LogP contribution in [0, 0.1) is 5.92 Å². The van der Waals surface area contributed by atoms with Gasteiger partial charge in [0.25, 0.3) is 0 Å². The molecule has 1 aliphatic rings. The molecule has 2 bridgehead atoms. The second-order valence-electron chi connectivity index (χ2n) is 10.2. The normalized spacial score (nSPS) is 20.4. The highest BCUT2D eigenvalue weighted by molar-refractivity contribution is 5.93. The summed E-state index contributed by atoms with van der Waals surface area (Å²) in [5.41, 5.74) is 2.62. The molecular formula is C28H37N9O3. The van der Waals surface area contributed by atoms with E-state index >= 15 is 0 Å². The average Bonchev–Trinajstić information content (AvgIpc) is 3.44. The number of anilines is 2. The summed E-state index contributed by atoms with van der Waals surface area (Å²) < 4.78 is 0. The summed E-state index contributed by atoms with van der Waals surface area (Å²) in [5, 5.41) is 15.0. The molecule has 0 saturated heterocycles. The van der Waals surface area contributed by atoms with E-state index < -0.39 is 24.0 Å². The van der Waals surface area contributed by atoms with E-state index in [4.69, 9.17) is 0 Å². The summed E-state index contributed by atoms with van der Waals surface area (Å²) >= 11 is 0. The first kappa shape index (κ1) is 28.5. The van der Waals surface area contributed by atoms with E-state index in [9.17, 15) is 14.4 Å². The Balaban J connectivity index is 1.64. The van der Waals surface area contributed by atoms with Gasteiger partial charge in [-0.1, -0.05) is 44.2 Å². The van der Waals surface area contributed by atoms with Crippen LogP contribution >= 0.6 is 0 Å². The third kappa shape index (κ3) is 8.01. The Morgan fingerprint density at radius 3 is 2.52 bits per heavy atom. The maximum Gasteiger partial charge on any atom is 0.243 e. The molecule has 3 amide bonds. The third-order valence-corrected chi connectivity index (χ3v) is 6.61. The number of hydrogen-bond donors (Lipinski definition) is 6. The monoisotopic (exact) mass is 547 g/mol. The number of imidazole rings is 1. The molecule has 3 aromatic rings. The van der Waals surface area contributed by atoms with Crippen molar-refractivity contribution in [3.8, 4) is 0 Å². The molecule has 12 heteroatoms. The van der Waals surface area contributed by atoms with Crippen LogP contribution in [0.5, 0.6) is 0 Å². The van der Waals surface area contributed by atoms with Crippen LogP contribution in [-0.4, -0.2) is 68.9 Å². The van der Waals surface area contributed by atoms with Gasteiger partial charge in [-0.05, 0) is 18.4 Å². The zero-order valence-electron chi connectivity index (χ0n) is 23.0. The number of aromatic amines is 1. The number of carbonyl (C=O) groups is 3. The van der Waals surface area contributed by atoms with Gasteiger partial charge in [-0.2, -0.15) is 4.98 Å². The fourth-order valence-corrected chi connectivity index (χ4v) is 4.37. The number of nitrogens with one attached hydrogen (secondary N) is 6. The van der Waals surface area contributed by atoms with Crippen LogP contribution in [0.4, 0.5) is 11.8 Å². The van der Waals surface area contributed by atoms with E-state index in [0.717, 1.165) is 11.3 Å². The Morgan fingerprint density at radius 1 is 1.00 bits per heavy atom. The summed E-state index contributed by atoms with van der Waals surface area (Å²) in [6, 6.07) is 9.11. The molecule has 4 rings (SSSR count). The average molecular weight is 548 g/mol. The molecule has 0 saturated carbocycles. The Morgan fingerprint density at radius 2 is 1.80 bits per heavy atom. The quantitative estimate of drug-likeness (QED) is 0.257. The number of nitrogens with zero attached hydrogens (tertiary/aromatic N) is 3. The fraction of sp³-hybridized carbons (Fsp3) is 0.429. The molecule has 12 nitrogen and oxygen atoms in total. The Bertz CT molecular complexity index is 1280. The largest absolute Gasteiger partial charge is 0.358 e. The highest BCUT2D eigenvalue weighted by Gasteiger charge is 2.30. The third-order valence-electron chi connectivity index (χ3n) is 6.61. The maximum atomic E-state index is 13.6. The highest BCUT2D eigenvalue weighted by Crippen LogP contribution is 2.16. The summed E-state index contributed by atoms with van der Waals surface area (Å²) in [4.78, 5) is 55.7. The predicted molar refractivity (Wildman–Crippen MR) is 151 cm³/mol. The molecule has 0 aliphatic carbocycles. The SMILES string of the molecule is CC(C)[C@H]1NC(=O)[C@H](Cc2ccccc2)Nc2cc(nc(NCCc3cnc[nH]3)n2)CCNC(=O)[C@H](C)NC1=O. The lowest BCUT2D eigenvalue weighted by Gasteiger charge is -2.26. The number of benzene rings is 1. The van der Waals surface area contributed by atoms with E-state index in [1.807, 2.05) is 44.2 Å². The van der Waals surface area contributed by atoms with Crippen molar-refractivity contribution >= 4 is 29.5 Å². The van der Waals surface area contributed by atoms with Crippen LogP contribution < -0.4 is 26.6 Å². The summed E-state index contributed by atoms with van der Waals surface area (Å²) in [5.74, 6) is -0.417. The van der Waals surface area contributed by atoms with Crippen molar-refractivity contribution in [2.75, 3.05) is 23.7 Å². The smallest absolute Gasteiger partial charge is 0.243 e. The van der Waals surface area contributed by atoms with Crippen LogP contribution in [0.2, 0.25) is 0 Å². The summed E-state index contributed by atoms with van der Waals surface area (Å²) in [6.45, 7) is 6.20. The molecule has 0 spiro atoms. The molecule has 212 valence electrons. The number of carbonyl (C=O) groups excluding carboxylic acids is 3. The number of fused-ring (bicyclic) bond motifs is 2. The van der Waals surface area contributed by atoms with Gasteiger partial charge in [0.15, 0.2) is 0 Å². The van der Waals surface area contributed by atoms with Gasteiger partial charge in [0.1, 0.15) is 23.9 Å². The Labute approximate surface area is 233 Å². The molecule has 0 unspecified atom stereocenters. The van der Waals surface area contributed by atoms with Gasteiger partial charge in [-0.3, -0.25) is 14.4 Å². The van der Waals surface area contributed by atoms with E-state index in [1.165, 1.54) is 0 Å². The van der Waals surface area contributed by atoms with Crippen molar-refractivity contribution in [1.82, 2.24) is 35.9 Å². The lowest BCUT2D eigenvalue weighted by molar-refractivity contribution is -0.132. The van der Waals surface area contributed by atoms with Gasteiger partial charge in [-0.25, -0.2) is 9.97 Å². The van der Waals surface area contributed by atoms with Crippen molar-refractivity contribution in [2.45, 2.75) is 58.2 Å². The first-order chi connectivity index (χ1) is 19.3. The van der Waals surface area contributed by atoms with E-state index in [-0.39, 0.29) is 17.7 Å². The molecule has 2 aromatic heterocycles. The van der Waals surface area contributed by atoms with Crippen molar-refractivity contribution < 1.29 is 14.4 Å². The molecule has 0 fully saturated rings. The number of hydrogen-bond acceptors (Lipinski definition) is 8. The first-order valence-electron chi connectivity index (χ1n) is 13.6. The fourth-order valence-electron chi connectivity index (χ4n) is 4.37. The molecule has 1 aromatic carbocycles. The standard InChI is InChI=1S/C28H37N9O3/c1-17(2)24-27(40)33-18(3)25(38)30-11-9-20-14-23(36-28(34-20)31-12-10-21-15-29-16-32-21)35-22(26(39)37-24)13-19-7-5-4-6-8-19/h4-8,14-18,22,24H,9-13H2,1-3H3,(H,29,32)(H,30,38)(H,33,40)(H,37,39)(H2,31,34,35,36)/t18-,22-,24+/m0/s1. The Kier molecular flexibility index (Phi) is 9.66. The van der Waals surface area contributed by atoms with Crippen LogP contribution in [0.15, 0.2) is 48.9 Å². The van der Waals surface area contributed by atoms with Crippen molar-refractivity contribution in [3.05, 3.63) is 65.9 Å².